The maximum atomic E-state index is 12.4. The molecule has 0 aliphatic carbocycles. The average molecular weight is 404 g/mol. The number of benzene rings is 3. The molecule has 0 saturated heterocycles. The van der Waals surface area contributed by atoms with Crippen LogP contribution in [0.3, 0.4) is 0 Å². The zero-order valence-electron chi connectivity index (χ0n) is 16.4. The Morgan fingerprint density at radius 3 is 1.30 bits per heavy atom. The molecule has 4 N–H and O–H groups in total. The minimum Gasteiger partial charge on any atom is -0.421 e. The summed E-state index contributed by atoms with van der Waals surface area (Å²) in [7, 11) is 0. The van der Waals surface area contributed by atoms with Crippen molar-refractivity contribution in [3.8, 4) is 11.5 Å². The summed E-state index contributed by atoms with van der Waals surface area (Å²) < 4.78 is 10.8. The van der Waals surface area contributed by atoms with Crippen LogP contribution in [0.5, 0.6) is 11.5 Å². The van der Waals surface area contributed by atoms with Crippen LogP contribution in [0.15, 0.2) is 84.9 Å². The fraction of sp³-hybridized carbons (Fsp3) is 0.167. The van der Waals surface area contributed by atoms with Gasteiger partial charge in [0.25, 0.3) is 0 Å². The van der Waals surface area contributed by atoms with E-state index < -0.39 is 24.0 Å². The molecule has 3 aromatic carbocycles. The molecule has 30 heavy (non-hydrogen) atoms. The Morgan fingerprint density at radius 2 is 0.933 bits per heavy atom. The van der Waals surface area contributed by atoms with Gasteiger partial charge in [0.1, 0.15) is 12.1 Å². The highest BCUT2D eigenvalue weighted by Gasteiger charge is 2.21. The van der Waals surface area contributed by atoms with Gasteiger partial charge in [-0.3, -0.25) is 0 Å². The molecule has 0 radical (unpaired) electrons. The Balaban J connectivity index is 1.62. The highest BCUT2D eigenvalue weighted by atomic mass is 16.6. The molecule has 3 rings (SSSR count). The van der Waals surface area contributed by atoms with Crippen LogP contribution in [0.1, 0.15) is 11.1 Å². The number of esters is 2. The highest BCUT2D eigenvalue weighted by molar-refractivity contribution is 5.81. The molecule has 0 aliphatic heterocycles. The number of rotatable bonds is 8. The first kappa shape index (κ1) is 21.2. The van der Waals surface area contributed by atoms with E-state index >= 15 is 0 Å². The second-order valence-corrected chi connectivity index (χ2v) is 6.88. The van der Waals surface area contributed by atoms with Crippen molar-refractivity contribution in [1.82, 2.24) is 0 Å². The summed E-state index contributed by atoms with van der Waals surface area (Å²) in [6, 6.07) is 23.6. The molecule has 0 aliphatic rings. The number of hydrogen-bond acceptors (Lipinski definition) is 6. The number of nitrogens with two attached hydrogens (primary N) is 2. The van der Waals surface area contributed by atoms with Gasteiger partial charge in [0.05, 0.1) is 0 Å². The summed E-state index contributed by atoms with van der Waals surface area (Å²) in [4.78, 5) is 24.8. The molecule has 0 aromatic heterocycles. The zero-order valence-corrected chi connectivity index (χ0v) is 16.4. The molecule has 0 saturated carbocycles. The Morgan fingerprint density at radius 1 is 0.600 bits per heavy atom. The lowest BCUT2D eigenvalue weighted by molar-refractivity contribution is -0.138. The van der Waals surface area contributed by atoms with Gasteiger partial charge in [0.2, 0.25) is 0 Å². The minimum absolute atomic E-state index is 0.117. The van der Waals surface area contributed by atoms with Crippen molar-refractivity contribution in [3.63, 3.8) is 0 Å². The maximum Gasteiger partial charge on any atom is 0.328 e. The Hall–Kier alpha value is -3.48. The first-order valence-electron chi connectivity index (χ1n) is 9.64. The quantitative estimate of drug-likeness (QED) is 0.442. The minimum atomic E-state index is -0.850. The summed E-state index contributed by atoms with van der Waals surface area (Å²) in [5.74, 6) is -0.996. The molecule has 6 nitrogen and oxygen atoms in total. The molecule has 0 fully saturated rings. The molecule has 0 amide bonds. The van der Waals surface area contributed by atoms with Crippen molar-refractivity contribution in [2.45, 2.75) is 24.9 Å². The summed E-state index contributed by atoms with van der Waals surface area (Å²) in [6.45, 7) is 0. The van der Waals surface area contributed by atoms with E-state index in [0.717, 1.165) is 11.1 Å². The van der Waals surface area contributed by atoms with Crippen LogP contribution in [0, 0.1) is 0 Å². The average Bonchev–Trinajstić information content (AvgIpc) is 2.76. The molecule has 154 valence electrons. The van der Waals surface area contributed by atoms with Crippen molar-refractivity contribution >= 4 is 11.9 Å². The van der Waals surface area contributed by atoms with Crippen molar-refractivity contribution in [2.75, 3.05) is 0 Å². The van der Waals surface area contributed by atoms with Gasteiger partial charge >= 0.3 is 11.9 Å². The fourth-order valence-electron chi connectivity index (χ4n) is 2.89. The Kier molecular flexibility index (Phi) is 7.32. The third-order valence-electron chi connectivity index (χ3n) is 4.47. The monoisotopic (exact) mass is 404 g/mol. The predicted molar refractivity (Wildman–Crippen MR) is 114 cm³/mol. The van der Waals surface area contributed by atoms with Gasteiger partial charge in [-0.1, -0.05) is 72.8 Å². The summed E-state index contributed by atoms with van der Waals surface area (Å²) in [6.07, 6.45) is 0.674. The molecule has 2 atom stereocenters. The van der Waals surface area contributed by atoms with E-state index in [1.54, 1.807) is 24.3 Å². The van der Waals surface area contributed by atoms with Crippen LogP contribution in [-0.2, 0) is 22.4 Å². The topological polar surface area (TPSA) is 105 Å². The van der Waals surface area contributed by atoms with Crippen LogP contribution in [0.2, 0.25) is 0 Å². The van der Waals surface area contributed by atoms with Crippen LogP contribution >= 0.6 is 0 Å². The van der Waals surface area contributed by atoms with Gasteiger partial charge in [0.15, 0.2) is 11.5 Å². The largest absolute Gasteiger partial charge is 0.421 e. The molecule has 0 spiro atoms. The molecule has 3 aromatic rings. The predicted octanol–water partition coefficient (Wildman–Crippen LogP) is 2.64. The summed E-state index contributed by atoms with van der Waals surface area (Å²) >= 11 is 0. The van der Waals surface area contributed by atoms with Crippen molar-refractivity contribution in [2.24, 2.45) is 11.5 Å². The van der Waals surface area contributed by atoms with Crippen molar-refractivity contribution in [1.29, 1.82) is 0 Å². The van der Waals surface area contributed by atoms with E-state index in [-0.39, 0.29) is 11.5 Å². The number of hydrogen-bond donors (Lipinski definition) is 2. The summed E-state index contributed by atoms with van der Waals surface area (Å²) in [5, 5.41) is 0. The molecule has 0 bridgehead atoms. The van der Waals surface area contributed by atoms with E-state index in [1.807, 2.05) is 60.7 Å². The standard InChI is InChI=1S/C24H24N2O4/c25-19(15-17-9-3-1-4-10-17)23(27)29-21-13-7-8-14-22(21)30-24(28)20(26)16-18-11-5-2-6-12-18/h1-14,19-20H,15-16,25-26H2. The molecule has 0 heterocycles. The summed E-state index contributed by atoms with van der Waals surface area (Å²) in [5.41, 5.74) is 13.8. The Labute approximate surface area is 175 Å². The van der Waals surface area contributed by atoms with E-state index in [4.69, 9.17) is 20.9 Å². The number of ether oxygens (including phenoxy) is 2. The van der Waals surface area contributed by atoms with Gasteiger partial charge < -0.3 is 20.9 Å². The molecular weight excluding hydrogens is 380 g/mol. The lowest BCUT2D eigenvalue weighted by Crippen LogP contribution is -2.37. The molecule has 6 heteroatoms. The lowest BCUT2D eigenvalue weighted by Gasteiger charge is -2.15. The first-order valence-corrected chi connectivity index (χ1v) is 9.64. The van der Waals surface area contributed by atoms with E-state index in [9.17, 15) is 9.59 Å². The SMILES string of the molecule is NC(Cc1ccccc1)C(=O)Oc1ccccc1OC(=O)C(N)Cc1ccccc1. The van der Waals surface area contributed by atoms with Gasteiger partial charge in [-0.25, -0.2) is 9.59 Å². The third kappa shape index (κ3) is 6.01. The van der Waals surface area contributed by atoms with Gasteiger partial charge in [-0.15, -0.1) is 0 Å². The number of carbonyl (C=O) groups excluding carboxylic acids is 2. The van der Waals surface area contributed by atoms with Crippen LogP contribution in [0.4, 0.5) is 0 Å². The zero-order chi connectivity index (χ0) is 21.3. The lowest BCUT2D eigenvalue weighted by atomic mass is 10.1. The van der Waals surface area contributed by atoms with Crippen LogP contribution in [-0.4, -0.2) is 24.0 Å². The van der Waals surface area contributed by atoms with Crippen molar-refractivity contribution in [3.05, 3.63) is 96.1 Å². The maximum absolute atomic E-state index is 12.4. The second-order valence-electron chi connectivity index (χ2n) is 6.88. The number of para-hydroxylation sites is 2. The normalized spacial score (nSPS) is 12.6. The molecular formula is C24H24N2O4. The van der Waals surface area contributed by atoms with Gasteiger partial charge in [-0.2, -0.15) is 0 Å². The van der Waals surface area contributed by atoms with E-state index in [2.05, 4.69) is 0 Å². The van der Waals surface area contributed by atoms with Crippen molar-refractivity contribution < 1.29 is 19.1 Å². The van der Waals surface area contributed by atoms with E-state index in [0.29, 0.717) is 12.8 Å². The smallest absolute Gasteiger partial charge is 0.328 e. The first-order chi connectivity index (χ1) is 14.5. The van der Waals surface area contributed by atoms with Crippen LogP contribution < -0.4 is 20.9 Å². The number of carbonyl (C=O) groups is 2. The third-order valence-corrected chi connectivity index (χ3v) is 4.47. The highest BCUT2D eigenvalue weighted by Crippen LogP contribution is 2.27. The van der Waals surface area contributed by atoms with E-state index in [1.165, 1.54) is 0 Å². The molecule has 2 unspecified atom stereocenters. The van der Waals surface area contributed by atoms with Gasteiger partial charge in [-0.05, 0) is 36.1 Å². The van der Waals surface area contributed by atoms with Crippen LogP contribution in [0.25, 0.3) is 0 Å². The fourth-order valence-corrected chi connectivity index (χ4v) is 2.89. The Bertz CT molecular complexity index is 896. The van der Waals surface area contributed by atoms with Gasteiger partial charge in [0, 0.05) is 0 Å². The second kappa shape index (κ2) is 10.3.